The van der Waals surface area contributed by atoms with Crippen molar-refractivity contribution < 1.29 is 13.2 Å². The second-order valence-electron chi connectivity index (χ2n) is 5.88. The lowest BCUT2D eigenvalue weighted by atomic mass is 10.2. The normalized spacial score (nSPS) is 14.7. The van der Waals surface area contributed by atoms with Gasteiger partial charge in [-0.15, -0.1) is 0 Å². The molecule has 2 aromatic rings. The molecule has 0 bridgehead atoms. The summed E-state index contributed by atoms with van der Waals surface area (Å²) in [6.45, 7) is 4.51. The number of imidazole rings is 1. The van der Waals surface area contributed by atoms with E-state index in [-0.39, 0.29) is 17.5 Å². The highest BCUT2D eigenvalue weighted by atomic mass is 32.2. The zero-order chi connectivity index (χ0) is 16.6. The maximum Gasteiger partial charge on any atom is 0.283 e. The van der Waals surface area contributed by atoms with Crippen LogP contribution in [0, 0.1) is 5.92 Å². The Kier molecular flexibility index (Phi) is 3.85. The van der Waals surface area contributed by atoms with Gasteiger partial charge in [0.05, 0.1) is 17.7 Å². The summed E-state index contributed by atoms with van der Waals surface area (Å²) in [6, 6.07) is 6.81. The number of para-hydroxylation sites is 2. The summed E-state index contributed by atoms with van der Waals surface area (Å²) in [7, 11) is -3.88. The molecule has 1 amide bonds. The van der Waals surface area contributed by atoms with E-state index in [1.54, 1.807) is 28.8 Å². The van der Waals surface area contributed by atoms with Crippen LogP contribution in [0.15, 0.2) is 41.8 Å². The fourth-order valence-corrected chi connectivity index (χ4v) is 3.90. The van der Waals surface area contributed by atoms with Crippen LogP contribution in [-0.4, -0.2) is 30.4 Å². The number of rotatable bonds is 4. The zero-order valence-corrected chi connectivity index (χ0v) is 13.7. The predicted octanol–water partition coefficient (Wildman–Crippen LogP) is 1.69. The second-order valence-corrected chi connectivity index (χ2v) is 7.69. The Bertz CT molecular complexity index is 842. The third-order valence-electron chi connectivity index (χ3n) is 3.47. The number of carbonyl (C=O) groups excluding carboxylic acids is 1. The molecule has 7 nitrogen and oxygen atoms in total. The molecule has 0 radical (unpaired) electrons. The molecule has 1 aromatic heterocycles. The van der Waals surface area contributed by atoms with Crippen molar-refractivity contribution >= 4 is 27.3 Å². The molecular weight excluding hydrogens is 316 g/mol. The molecule has 3 rings (SSSR count). The lowest BCUT2D eigenvalue weighted by molar-refractivity contribution is -0.115. The van der Waals surface area contributed by atoms with Crippen molar-refractivity contribution in [2.45, 2.75) is 25.4 Å². The Morgan fingerprint density at radius 2 is 2.04 bits per heavy atom. The molecular formula is C15H18N4O3S. The van der Waals surface area contributed by atoms with E-state index < -0.39 is 10.0 Å². The Morgan fingerprint density at radius 1 is 1.30 bits per heavy atom. The van der Waals surface area contributed by atoms with Gasteiger partial charge in [0.2, 0.25) is 5.91 Å². The SMILES string of the molecule is CC(C)Cn1cnc(S(=O)(=O)N2CC(=O)Nc3ccccc32)c1. The summed E-state index contributed by atoms with van der Waals surface area (Å²) in [6.07, 6.45) is 3.01. The van der Waals surface area contributed by atoms with E-state index in [4.69, 9.17) is 0 Å². The van der Waals surface area contributed by atoms with Gasteiger partial charge in [-0.3, -0.25) is 9.10 Å². The van der Waals surface area contributed by atoms with E-state index >= 15 is 0 Å². The van der Waals surface area contributed by atoms with Gasteiger partial charge in [0.25, 0.3) is 10.0 Å². The number of hydrogen-bond donors (Lipinski definition) is 1. The van der Waals surface area contributed by atoms with Crippen LogP contribution in [0.1, 0.15) is 13.8 Å². The van der Waals surface area contributed by atoms with Crippen molar-refractivity contribution in [3.63, 3.8) is 0 Å². The van der Waals surface area contributed by atoms with E-state index in [9.17, 15) is 13.2 Å². The second kappa shape index (κ2) is 5.69. The molecule has 1 aliphatic heterocycles. The van der Waals surface area contributed by atoms with Crippen LogP contribution in [-0.2, 0) is 21.4 Å². The van der Waals surface area contributed by atoms with Crippen molar-refractivity contribution in [3.05, 3.63) is 36.8 Å². The van der Waals surface area contributed by atoms with E-state index in [1.807, 2.05) is 13.8 Å². The minimum atomic E-state index is -3.88. The van der Waals surface area contributed by atoms with E-state index in [0.29, 0.717) is 23.8 Å². The molecule has 8 heteroatoms. The van der Waals surface area contributed by atoms with Gasteiger partial charge in [-0.05, 0) is 18.1 Å². The van der Waals surface area contributed by atoms with Gasteiger partial charge in [-0.25, -0.2) is 4.98 Å². The highest BCUT2D eigenvalue weighted by Crippen LogP contribution is 2.32. The molecule has 122 valence electrons. The standard InChI is InChI=1S/C15H18N4O3S/c1-11(2)7-18-9-15(16-10-18)23(21,22)19-8-14(20)17-12-5-3-4-6-13(12)19/h3-6,9-11H,7-8H2,1-2H3,(H,17,20). The number of nitrogens with zero attached hydrogens (tertiary/aromatic N) is 3. The first-order valence-corrected chi connectivity index (χ1v) is 8.75. The van der Waals surface area contributed by atoms with Crippen LogP contribution in [0.5, 0.6) is 0 Å². The molecule has 0 saturated carbocycles. The highest BCUT2D eigenvalue weighted by molar-refractivity contribution is 7.92. The van der Waals surface area contributed by atoms with Crippen LogP contribution in [0.3, 0.4) is 0 Å². The Balaban J connectivity index is 2.00. The number of hydrogen-bond acceptors (Lipinski definition) is 4. The molecule has 0 atom stereocenters. The van der Waals surface area contributed by atoms with Crippen LogP contribution in [0.4, 0.5) is 11.4 Å². The highest BCUT2D eigenvalue weighted by Gasteiger charge is 2.33. The number of fused-ring (bicyclic) bond motifs is 1. The lowest BCUT2D eigenvalue weighted by Gasteiger charge is -2.29. The number of benzene rings is 1. The number of carbonyl (C=O) groups is 1. The van der Waals surface area contributed by atoms with Crippen molar-refractivity contribution in [2.75, 3.05) is 16.2 Å². The summed E-state index contributed by atoms with van der Waals surface area (Å²) in [5.74, 6) is 0.00938. The molecule has 2 heterocycles. The molecule has 1 aliphatic rings. The molecule has 0 spiro atoms. The monoisotopic (exact) mass is 334 g/mol. The minimum Gasteiger partial charge on any atom is -0.336 e. The van der Waals surface area contributed by atoms with Crippen LogP contribution < -0.4 is 9.62 Å². The first-order chi connectivity index (χ1) is 10.9. The third kappa shape index (κ3) is 2.94. The predicted molar refractivity (Wildman–Crippen MR) is 86.7 cm³/mol. The molecule has 1 N–H and O–H groups in total. The van der Waals surface area contributed by atoms with Crippen molar-refractivity contribution in [1.82, 2.24) is 9.55 Å². The summed E-state index contributed by atoms with van der Waals surface area (Å²) in [4.78, 5) is 15.8. The number of sulfonamides is 1. The smallest absolute Gasteiger partial charge is 0.283 e. The van der Waals surface area contributed by atoms with Crippen LogP contribution in [0.25, 0.3) is 0 Å². The summed E-state index contributed by atoms with van der Waals surface area (Å²) in [5, 5.41) is 2.62. The Hall–Kier alpha value is -2.35. The summed E-state index contributed by atoms with van der Waals surface area (Å²) >= 11 is 0. The number of aromatic nitrogens is 2. The Labute approximate surface area is 135 Å². The van der Waals surface area contributed by atoms with Gasteiger partial charge >= 0.3 is 0 Å². The molecule has 0 saturated heterocycles. The average molecular weight is 334 g/mol. The lowest BCUT2D eigenvalue weighted by Crippen LogP contribution is -2.42. The average Bonchev–Trinajstić information content (AvgIpc) is 2.94. The molecule has 0 aliphatic carbocycles. The van der Waals surface area contributed by atoms with Crippen molar-refractivity contribution in [1.29, 1.82) is 0 Å². The number of amides is 1. The fourth-order valence-electron chi connectivity index (χ4n) is 2.52. The summed E-state index contributed by atoms with van der Waals surface area (Å²) in [5.41, 5.74) is 0.930. The third-order valence-corrected chi connectivity index (χ3v) is 5.12. The topological polar surface area (TPSA) is 84.3 Å². The zero-order valence-electron chi connectivity index (χ0n) is 12.9. The van der Waals surface area contributed by atoms with Crippen LogP contribution in [0.2, 0.25) is 0 Å². The van der Waals surface area contributed by atoms with E-state index in [0.717, 1.165) is 4.31 Å². The number of anilines is 2. The van der Waals surface area contributed by atoms with E-state index in [1.165, 1.54) is 12.5 Å². The fraction of sp³-hybridized carbons (Fsp3) is 0.333. The molecule has 0 fully saturated rings. The van der Waals surface area contributed by atoms with Gasteiger partial charge in [0.1, 0.15) is 6.54 Å². The van der Waals surface area contributed by atoms with Gasteiger partial charge in [-0.1, -0.05) is 26.0 Å². The van der Waals surface area contributed by atoms with Crippen molar-refractivity contribution in [2.24, 2.45) is 5.92 Å². The number of nitrogens with one attached hydrogen (secondary N) is 1. The van der Waals surface area contributed by atoms with Gasteiger partial charge in [0, 0.05) is 12.7 Å². The van der Waals surface area contributed by atoms with E-state index in [2.05, 4.69) is 10.3 Å². The first kappa shape index (κ1) is 15.5. The van der Waals surface area contributed by atoms with Gasteiger partial charge < -0.3 is 9.88 Å². The molecule has 1 aromatic carbocycles. The molecule has 23 heavy (non-hydrogen) atoms. The van der Waals surface area contributed by atoms with Gasteiger partial charge in [0.15, 0.2) is 5.03 Å². The quantitative estimate of drug-likeness (QED) is 0.922. The Morgan fingerprint density at radius 3 is 2.78 bits per heavy atom. The van der Waals surface area contributed by atoms with Crippen LogP contribution >= 0.6 is 0 Å². The maximum absolute atomic E-state index is 12.9. The van der Waals surface area contributed by atoms with Gasteiger partial charge in [-0.2, -0.15) is 8.42 Å². The molecule has 0 unspecified atom stereocenters. The van der Waals surface area contributed by atoms with Crippen molar-refractivity contribution in [3.8, 4) is 0 Å². The summed E-state index contributed by atoms with van der Waals surface area (Å²) < 4.78 is 28.6. The first-order valence-electron chi connectivity index (χ1n) is 7.31. The maximum atomic E-state index is 12.9. The minimum absolute atomic E-state index is 0.0531. The largest absolute Gasteiger partial charge is 0.336 e.